The molecular weight excluding hydrogens is 585 g/mol. The van der Waals surface area contributed by atoms with Crippen molar-refractivity contribution >= 4 is 43.6 Å². The lowest BCUT2D eigenvalue weighted by molar-refractivity contribution is 1.17. The number of fused-ring (bicyclic) bond motifs is 6. The second-order valence-corrected chi connectivity index (χ2v) is 12.0. The summed E-state index contributed by atoms with van der Waals surface area (Å²) in [5.74, 6) is 0. The van der Waals surface area contributed by atoms with Crippen LogP contribution in [0.4, 0.5) is 0 Å². The lowest BCUT2D eigenvalue weighted by Crippen LogP contribution is -2.01. The van der Waals surface area contributed by atoms with E-state index in [9.17, 15) is 10.5 Å². The number of nitriles is 2. The van der Waals surface area contributed by atoms with Crippen LogP contribution in [0.15, 0.2) is 158 Å². The van der Waals surface area contributed by atoms with Gasteiger partial charge in [-0.1, -0.05) is 103 Å². The first-order valence-corrected chi connectivity index (χ1v) is 15.9. The van der Waals surface area contributed by atoms with Crippen LogP contribution in [0.3, 0.4) is 0 Å². The third-order valence-corrected chi connectivity index (χ3v) is 9.43. The van der Waals surface area contributed by atoms with E-state index in [4.69, 9.17) is 0 Å². The molecule has 0 unspecified atom stereocenters. The Morgan fingerprint density at radius 1 is 0.375 bits per heavy atom. The Hall–Kier alpha value is -6.88. The SMILES string of the molecule is N#Cc1ccc(-c2cccc(C#N)c2-n2c3ccccc3c3ccccc32)cc1-c1ccc(-n2c3ccccc3c3ccccc32)cc1. The van der Waals surface area contributed by atoms with Gasteiger partial charge in [-0.2, -0.15) is 10.5 Å². The molecule has 0 saturated heterocycles. The van der Waals surface area contributed by atoms with Crippen LogP contribution < -0.4 is 0 Å². The third-order valence-electron chi connectivity index (χ3n) is 9.43. The first-order chi connectivity index (χ1) is 23.7. The Morgan fingerprint density at radius 3 is 1.38 bits per heavy atom. The first kappa shape index (κ1) is 27.4. The van der Waals surface area contributed by atoms with Gasteiger partial charge in [-0.3, -0.25) is 0 Å². The molecule has 0 N–H and O–H groups in total. The zero-order valence-electron chi connectivity index (χ0n) is 25.8. The molecule has 4 nitrogen and oxygen atoms in total. The van der Waals surface area contributed by atoms with E-state index < -0.39 is 0 Å². The van der Waals surface area contributed by atoms with E-state index in [0.29, 0.717) is 11.1 Å². The smallest absolute Gasteiger partial charge is 0.101 e. The van der Waals surface area contributed by atoms with Crippen LogP contribution in [0, 0.1) is 22.7 Å². The minimum atomic E-state index is 0.584. The lowest BCUT2D eigenvalue weighted by atomic mass is 9.93. The molecule has 0 fully saturated rings. The number of hydrogen-bond acceptors (Lipinski definition) is 2. The highest BCUT2D eigenvalue weighted by atomic mass is 15.0. The number of para-hydroxylation sites is 5. The van der Waals surface area contributed by atoms with Crippen LogP contribution in [-0.2, 0) is 0 Å². The summed E-state index contributed by atoms with van der Waals surface area (Å²) < 4.78 is 4.50. The number of benzene rings is 7. The van der Waals surface area contributed by atoms with Crippen molar-refractivity contribution in [1.29, 1.82) is 10.5 Å². The van der Waals surface area contributed by atoms with Crippen molar-refractivity contribution in [3.63, 3.8) is 0 Å². The maximum absolute atomic E-state index is 10.4. The van der Waals surface area contributed by atoms with Crippen LogP contribution in [0.1, 0.15) is 11.1 Å². The molecule has 0 aliphatic rings. The number of nitrogens with zero attached hydrogens (tertiary/aromatic N) is 4. The minimum absolute atomic E-state index is 0.584. The Morgan fingerprint density at radius 2 is 0.854 bits per heavy atom. The Labute approximate surface area is 277 Å². The number of aromatic nitrogens is 2. The van der Waals surface area contributed by atoms with Crippen LogP contribution >= 0.6 is 0 Å². The van der Waals surface area contributed by atoms with E-state index in [2.05, 4.69) is 143 Å². The van der Waals surface area contributed by atoms with Gasteiger partial charge in [0.1, 0.15) is 6.07 Å². The maximum atomic E-state index is 10.4. The van der Waals surface area contributed by atoms with Gasteiger partial charge >= 0.3 is 0 Å². The van der Waals surface area contributed by atoms with Crippen LogP contribution in [0.2, 0.25) is 0 Å². The van der Waals surface area contributed by atoms with E-state index in [-0.39, 0.29) is 0 Å². The molecule has 0 bridgehead atoms. The van der Waals surface area contributed by atoms with Gasteiger partial charge in [0.2, 0.25) is 0 Å². The molecule has 2 heterocycles. The van der Waals surface area contributed by atoms with Crippen molar-refractivity contribution in [2.75, 3.05) is 0 Å². The van der Waals surface area contributed by atoms with Crippen molar-refractivity contribution in [3.8, 4) is 45.8 Å². The summed E-state index contributed by atoms with van der Waals surface area (Å²) in [5, 5.41) is 25.3. The van der Waals surface area contributed by atoms with Crippen molar-refractivity contribution in [2.45, 2.75) is 0 Å². The summed E-state index contributed by atoms with van der Waals surface area (Å²) >= 11 is 0. The first-order valence-electron chi connectivity index (χ1n) is 15.9. The quantitative estimate of drug-likeness (QED) is 0.199. The number of rotatable bonds is 4. The maximum Gasteiger partial charge on any atom is 0.101 e. The summed E-state index contributed by atoms with van der Waals surface area (Å²) in [6.07, 6.45) is 0. The van der Waals surface area contributed by atoms with Gasteiger partial charge in [0.15, 0.2) is 0 Å². The highest BCUT2D eigenvalue weighted by Gasteiger charge is 2.20. The fourth-order valence-corrected chi connectivity index (χ4v) is 7.31. The normalized spacial score (nSPS) is 11.3. The zero-order valence-corrected chi connectivity index (χ0v) is 25.8. The van der Waals surface area contributed by atoms with Gasteiger partial charge in [0, 0.05) is 38.4 Å². The predicted molar refractivity (Wildman–Crippen MR) is 195 cm³/mol. The van der Waals surface area contributed by atoms with Crippen LogP contribution in [0.5, 0.6) is 0 Å². The molecule has 4 heteroatoms. The zero-order chi connectivity index (χ0) is 32.2. The average Bonchev–Trinajstić information content (AvgIpc) is 3.67. The molecule has 0 aliphatic heterocycles. The van der Waals surface area contributed by atoms with E-state index >= 15 is 0 Å². The molecule has 9 rings (SSSR count). The Bertz CT molecular complexity index is 2690. The van der Waals surface area contributed by atoms with Crippen LogP contribution in [-0.4, -0.2) is 9.13 Å². The van der Waals surface area contributed by atoms with Gasteiger partial charge in [-0.15, -0.1) is 0 Å². The Kier molecular flexibility index (Phi) is 6.22. The monoisotopic (exact) mass is 610 g/mol. The largest absolute Gasteiger partial charge is 0.309 e. The summed E-state index contributed by atoms with van der Waals surface area (Å²) in [7, 11) is 0. The molecule has 0 aliphatic carbocycles. The van der Waals surface area contributed by atoms with Crippen LogP contribution in [0.25, 0.3) is 77.2 Å². The lowest BCUT2D eigenvalue weighted by Gasteiger charge is -2.17. The summed E-state index contributed by atoms with van der Waals surface area (Å²) in [6, 6.07) is 58.8. The molecule has 0 spiro atoms. The third kappa shape index (κ3) is 4.07. The van der Waals surface area contributed by atoms with E-state index in [1.165, 1.54) is 10.8 Å². The molecular formula is C44H26N4. The summed E-state index contributed by atoms with van der Waals surface area (Å²) in [6.45, 7) is 0. The van der Waals surface area contributed by atoms with Crippen molar-refractivity contribution < 1.29 is 0 Å². The summed E-state index contributed by atoms with van der Waals surface area (Å²) in [5.41, 5.74) is 11.1. The molecule has 222 valence electrons. The highest BCUT2D eigenvalue weighted by Crippen LogP contribution is 2.40. The second kappa shape index (κ2) is 10.9. The molecule has 0 amide bonds. The molecule has 48 heavy (non-hydrogen) atoms. The fraction of sp³-hybridized carbons (Fsp3) is 0. The molecule has 7 aromatic carbocycles. The molecule has 0 radical (unpaired) electrons. The van der Waals surface area contributed by atoms with E-state index in [1.54, 1.807) is 0 Å². The molecule has 2 aromatic heterocycles. The van der Waals surface area contributed by atoms with Gasteiger partial charge in [0.05, 0.1) is 45.0 Å². The predicted octanol–water partition coefficient (Wildman–Crippen LogP) is 11.0. The molecule has 0 saturated carbocycles. The molecule has 9 aromatic rings. The molecule has 0 atom stereocenters. The van der Waals surface area contributed by atoms with Gasteiger partial charge in [-0.05, 0) is 65.7 Å². The van der Waals surface area contributed by atoms with Crippen molar-refractivity contribution in [3.05, 3.63) is 169 Å². The number of hydrogen-bond donors (Lipinski definition) is 0. The minimum Gasteiger partial charge on any atom is -0.309 e. The second-order valence-electron chi connectivity index (χ2n) is 12.0. The standard InChI is InChI=1S/C44H26N4/c45-27-31-21-20-30(34-15-9-10-32(28-46)44(34)48-42-18-7-3-13-37(42)38-14-4-8-19-43(38)48)26-39(31)29-22-24-33(25-23-29)47-40-16-5-1-11-35(40)36-12-2-6-17-41(36)47/h1-26H. The van der Waals surface area contributed by atoms with E-state index in [0.717, 1.165) is 66.5 Å². The summed E-state index contributed by atoms with van der Waals surface area (Å²) in [4.78, 5) is 0. The topological polar surface area (TPSA) is 57.4 Å². The Balaban J connectivity index is 1.22. The fourth-order valence-electron chi connectivity index (χ4n) is 7.31. The van der Waals surface area contributed by atoms with Crippen molar-refractivity contribution in [1.82, 2.24) is 9.13 Å². The average molecular weight is 611 g/mol. The van der Waals surface area contributed by atoms with Crippen molar-refractivity contribution in [2.24, 2.45) is 0 Å². The highest BCUT2D eigenvalue weighted by molar-refractivity contribution is 6.10. The van der Waals surface area contributed by atoms with Gasteiger partial charge < -0.3 is 9.13 Å². The van der Waals surface area contributed by atoms with Gasteiger partial charge in [0.25, 0.3) is 0 Å². The van der Waals surface area contributed by atoms with Gasteiger partial charge in [-0.25, -0.2) is 0 Å². The van der Waals surface area contributed by atoms with E-state index in [1.807, 2.05) is 36.4 Å².